The van der Waals surface area contributed by atoms with E-state index in [1.54, 1.807) is 18.6 Å². The first kappa shape index (κ1) is 22.3. The second kappa shape index (κ2) is 10.6. The number of ether oxygens (including phenoxy) is 1. The molecule has 1 fully saturated rings. The van der Waals surface area contributed by atoms with E-state index < -0.39 is 0 Å². The van der Waals surface area contributed by atoms with E-state index in [4.69, 9.17) is 9.15 Å². The van der Waals surface area contributed by atoms with Crippen LogP contribution in [-0.4, -0.2) is 57.1 Å². The Morgan fingerprint density at radius 3 is 2.91 bits per heavy atom. The van der Waals surface area contributed by atoms with Gasteiger partial charge in [-0.2, -0.15) is 0 Å². The SMILES string of the molecule is CCOC(=O)Cc1csc(NC(=O)CSc2nnc(N3CCCC3)n2Cc2ccco2)n1. The average molecular weight is 477 g/mol. The predicted molar refractivity (Wildman–Crippen MR) is 121 cm³/mol. The molecule has 3 aromatic rings. The molecular formula is C20H24N6O4S2. The van der Waals surface area contributed by atoms with E-state index >= 15 is 0 Å². The maximum atomic E-state index is 12.5. The quantitative estimate of drug-likeness (QED) is 0.348. The third-order valence-electron chi connectivity index (χ3n) is 4.74. The molecule has 0 spiro atoms. The molecule has 1 saturated heterocycles. The molecule has 0 aliphatic carbocycles. The van der Waals surface area contributed by atoms with Gasteiger partial charge in [0.2, 0.25) is 11.9 Å². The Morgan fingerprint density at radius 1 is 1.31 bits per heavy atom. The molecule has 4 rings (SSSR count). The van der Waals surface area contributed by atoms with Gasteiger partial charge in [0.15, 0.2) is 10.3 Å². The summed E-state index contributed by atoms with van der Waals surface area (Å²) < 4.78 is 12.4. The molecule has 0 atom stereocenters. The van der Waals surface area contributed by atoms with E-state index in [1.807, 2.05) is 16.7 Å². The van der Waals surface area contributed by atoms with Crippen molar-refractivity contribution in [1.29, 1.82) is 0 Å². The van der Waals surface area contributed by atoms with Gasteiger partial charge in [0.25, 0.3) is 0 Å². The van der Waals surface area contributed by atoms with Crippen molar-refractivity contribution in [3.05, 3.63) is 35.2 Å². The number of furan rings is 1. The highest BCUT2D eigenvalue weighted by Gasteiger charge is 2.22. The number of amides is 1. The maximum Gasteiger partial charge on any atom is 0.311 e. The van der Waals surface area contributed by atoms with Crippen LogP contribution in [0, 0.1) is 0 Å². The summed E-state index contributed by atoms with van der Waals surface area (Å²) in [4.78, 5) is 30.5. The highest BCUT2D eigenvalue weighted by molar-refractivity contribution is 7.99. The molecule has 1 amide bonds. The molecule has 32 heavy (non-hydrogen) atoms. The lowest BCUT2D eigenvalue weighted by Crippen LogP contribution is -2.22. The minimum atomic E-state index is -0.337. The third-order valence-corrected chi connectivity index (χ3v) is 6.51. The Morgan fingerprint density at radius 2 is 2.16 bits per heavy atom. The molecule has 1 aliphatic rings. The van der Waals surface area contributed by atoms with Gasteiger partial charge in [-0.1, -0.05) is 11.8 Å². The van der Waals surface area contributed by atoms with Crippen LogP contribution in [0.1, 0.15) is 31.2 Å². The summed E-state index contributed by atoms with van der Waals surface area (Å²) in [5.41, 5.74) is 0.574. The summed E-state index contributed by atoms with van der Waals surface area (Å²) in [5.74, 6) is 1.21. The van der Waals surface area contributed by atoms with Crippen LogP contribution in [-0.2, 0) is 27.3 Å². The highest BCUT2D eigenvalue weighted by Crippen LogP contribution is 2.26. The first-order chi connectivity index (χ1) is 15.6. The predicted octanol–water partition coefficient (Wildman–Crippen LogP) is 2.81. The number of hydrogen-bond donors (Lipinski definition) is 1. The van der Waals surface area contributed by atoms with E-state index in [9.17, 15) is 9.59 Å². The van der Waals surface area contributed by atoms with Gasteiger partial charge in [-0.15, -0.1) is 21.5 Å². The topological polar surface area (TPSA) is 115 Å². The standard InChI is InChI=1S/C20H24N6O4S2/c1-2-29-17(28)10-14-12-31-18(21-14)22-16(27)13-32-20-24-23-19(25-7-3-4-8-25)26(20)11-15-6-5-9-30-15/h5-6,9,12H,2-4,7-8,10-11,13H2,1H3,(H,21,22,27). The number of anilines is 2. The average Bonchev–Trinajstić information content (AvgIpc) is 3.56. The van der Waals surface area contributed by atoms with Crippen LogP contribution in [0.5, 0.6) is 0 Å². The van der Waals surface area contributed by atoms with Gasteiger partial charge in [-0.25, -0.2) is 4.98 Å². The van der Waals surface area contributed by atoms with Crippen molar-refractivity contribution in [2.45, 2.75) is 37.9 Å². The van der Waals surface area contributed by atoms with Gasteiger partial charge >= 0.3 is 5.97 Å². The Labute approximate surface area is 193 Å². The van der Waals surface area contributed by atoms with E-state index in [0.29, 0.717) is 29.1 Å². The van der Waals surface area contributed by atoms with Crippen LogP contribution in [0.15, 0.2) is 33.3 Å². The zero-order chi connectivity index (χ0) is 22.3. The fourth-order valence-electron chi connectivity index (χ4n) is 3.33. The summed E-state index contributed by atoms with van der Waals surface area (Å²) in [6.45, 7) is 4.47. The summed E-state index contributed by atoms with van der Waals surface area (Å²) in [7, 11) is 0. The monoisotopic (exact) mass is 476 g/mol. The second-order valence-corrected chi connectivity index (χ2v) is 8.91. The van der Waals surface area contributed by atoms with Crippen molar-refractivity contribution in [2.75, 3.05) is 35.7 Å². The van der Waals surface area contributed by atoms with Gasteiger partial charge in [0.1, 0.15) is 5.76 Å². The number of carbonyl (C=O) groups is 2. The molecule has 4 heterocycles. The summed E-state index contributed by atoms with van der Waals surface area (Å²) >= 11 is 2.59. The highest BCUT2D eigenvalue weighted by atomic mass is 32.2. The fraction of sp³-hybridized carbons (Fsp3) is 0.450. The molecule has 170 valence electrons. The van der Waals surface area contributed by atoms with Gasteiger partial charge in [0.05, 0.1) is 37.3 Å². The van der Waals surface area contributed by atoms with E-state index in [0.717, 1.165) is 37.6 Å². The van der Waals surface area contributed by atoms with Crippen molar-refractivity contribution in [3.63, 3.8) is 0 Å². The van der Waals surface area contributed by atoms with Crippen LogP contribution in [0.4, 0.5) is 11.1 Å². The fourth-order valence-corrected chi connectivity index (χ4v) is 4.79. The van der Waals surface area contributed by atoms with Crippen LogP contribution >= 0.6 is 23.1 Å². The smallest absolute Gasteiger partial charge is 0.311 e. The van der Waals surface area contributed by atoms with Gasteiger partial charge < -0.3 is 19.4 Å². The largest absolute Gasteiger partial charge is 0.467 e. The first-order valence-corrected chi connectivity index (χ1v) is 12.2. The van der Waals surface area contributed by atoms with E-state index in [-0.39, 0.29) is 24.1 Å². The second-order valence-electron chi connectivity index (χ2n) is 7.10. The number of thiazole rings is 1. The van der Waals surface area contributed by atoms with Crippen molar-refractivity contribution in [1.82, 2.24) is 19.7 Å². The summed E-state index contributed by atoms with van der Waals surface area (Å²) in [6.07, 6.45) is 3.98. The Kier molecular flexibility index (Phi) is 7.43. The van der Waals surface area contributed by atoms with Crippen LogP contribution in [0.3, 0.4) is 0 Å². The molecule has 1 aliphatic heterocycles. The van der Waals surface area contributed by atoms with Crippen LogP contribution < -0.4 is 10.2 Å². The molecule has 0 radical (unpaired) electrons. The minimum Gasteiger partial charge on any atom is -0.467 e. The van der Waals surface area contributed by atoms with Crippen molar-refractivity contribution >= 4 is 46.1 Å². The number of hydrogen-bond acceptors (Lipinski definition) is 10. The molecule has 3 aromatic heterocycles. The molecule has 0 unspecified atom stereocenters. The van der Waals surface area contributed by atoms with Crippen LogP contribution in [0.25, 0.3) is 0 Å². The van der Waals surface area contributed by atoms with Gasteiger partial charge in [-0.05, 0) is 31.9 Å². The minimum absolute atomic E-state index is 0.0874. The number of carbonyl (C=O) groups excluding carboxylic acids is 2. The molecule has 0 aromatic carbocycles. The lowest BCUT2D eigenvalue weighted by atomic mass is 10.3. The Hall–Kier alpha value is -2.86. The van der Waals surface area contributed by atoms with Crippen LogP contribution in [0.2, 0.25) is 0 Å². The molecule has 12 heteroatoms. The normalized spacial score (nSPS) is 13.5. The number of nitrogens with one attached hydrogen (secondary N) is 1. The lowest BCUT2D eigenvalue weighted by molar-refractivity contribution is -0.142. The third kappa shape index (κ3) is 5.68. The van der Waals surface area contributed by atoms with Crippen molar-refractivity contribution < 1.29 is 18.7 Å². The first-order valence-electron chi connectivity index (χ1n) is 10.4. The molecule has 10 nitrogen and oxygen atoms in total. The van der Waals surface area contributed by atoms with E-state index in [2.05, 4.69) is 25.4 Å². The summed E-state index contributed by atoms with van der Waals surface area (Å²) in [5, 5.41) is 14.3. The molecule has 1 N–H and O–H groups in total. The molecule has 0 bridgehead atoms. The number of rotatable bonds is 10. The zero-order valence-electron chi connectivity index (χ0n) is 17.7. The number of esters is 1. The molecule has 0 saturated carbocycles. The molecular weight excluding hydrogens is 452 g/mol. The maximum absolute atomic E-state index is 12.5. The van der Waals surface area contributed by atoms with Gasteiger partial charge in [0, 0.05) is 18.5 Å². The van der Waals surface area contributed by atoms with Gasteiger partial charge in [-0.3, -0.25) is 14.2 Å². The number of nitrogens with zero attached hydrogens (tertiary/aromatic N) is 5. The number of aromatic nitrogens is 4. The summed E-state index contributed by atoms with van der Waals surface area (Å²) in [6, 6.07) is 3.75. The van der Waals surface area contributed by atoms with Crippen molar-refractivity contribution in [2.24, 2.45) is 0 Å². The lowest BCUT2D eigenvalue weighted by Gasteiger charge is -2.17. The Bertz CT molecular complexity index is 1040. The van der Waals surface area contributed by atoms with Crippen molar-refractivity contribution in [3.8, 4) is 0 Å². The number of thioether (sulfide) groups is 1. The Balaban J connectivity index is 1.37. The zero-order valence-corrected chi connectivity index (χ0v) is 19.3. The van der Waals surface area contributed by atoms with E-state index in [1.165, 1.54) is 23.1 Å².